The number of carbonyl (C=O) groups excluding carboxylic acids is 4. The van der Waals surface area contributed by atoms with Gasteiger partial charge in [-0.15, -0.1) is 22.7 Å². The molecule has 0 aliphatic heterocycles. The monoisotopic (exact) mass is 486 g/mol. The van der Waals surface area contributed by atoms with Gasteiger partial charge in [0.25, 0.3) is 0 Å². The molecule has 0 fully saturated rings. The normalized spacial score (nSPS) is 12.1. The largest absolute Gasteiger partial charge is 0.325 e. The van der Waals surface area contributed by atoms with Crippen molar-refractivity contribution in [3.63, 3.8) is 0 Å². The predicted molar refractivity (Wildman–Crippen MR) is 133 cm³/mol. The van der Waals surface area contributed by atoms with Crippen LogP contribution in [0.15, 0.2) is 71.4 Å². The lowest BCUT2D eigenvalue weighted by molar-refractivity contribution is -0.116. The number of nitrogens with one attached hydrogen (secondary N) is 2. The number of hydrogen-bond acceptors (Lipinski definition) is 6. The van der Waals surface area contributed by atoms with Gasteiger partial charge < -0.3 is 10.6 Å². The van der Waals surface area contributed by atoms with Crippen LogP contribution in [0.1, 0.15) is 41.6 Å². The molecule has 2 heterocycles. The maximum atomic E-state index is 13.5. The number of hydrogen-bond donors (Lipinski definition) is 2. The van der Waals surface area contributed by atoms with Gasteiger partial charge in [-0.1, -0.05) is 36.4 Å². The Labute approximate surface area is 203 Å². The van der Waals surface area contributed by atoms with Crippen LogP contribution >= 0.6 is 22.7 Å². The molecule has 168 valence electrons. The lowest BCUT2D eigenvalue weighted by Crippen LogP contribution is -2.26. The van der Waals surface area contributed by atoms with E-state index in [1.54, 1.807) is 36.4 Å². The van der Waals surface area contributed by atoms with Gasteiger partial charge in [-0.25, -0.2) is 0 Å². The van der Waals surface area contributed by atoms with Crippen molar-refractivity contribution in [2.45, 2.75) is 12.8 Å². The van der Waals surface area contributed by atoms with Crippen molar-refractivity contribution in [3.05, 3.63) is 103 Å². The number of thiophene rings is 2. The molecule has 34 heavy (non-hydrogen) atoms. The van der Waals surface area contributed by atoms with Crippen molar-refractivity contribution in [2.75, 3.05) is 10.6 Å². The number of benzene rings is 2. The summed E-state index contributed by atoms with van der Waals surface area (Å²) in [6.07, 6.45) is 0.362. The van der Waals surface area contributed by atoms with E-state index in [0.717, 1.165) is 9.75 Å². The van der Waals surface area contributed by atoms with E-state index in [4.69, 9.17) is 0 Å². The number of anilines is 2. The highest BCUT2D eigenvalue weighted by Gasteiger charge is 2.34. The molecule has 2 aromatic heterocycles. The summed E-state index contributed by atoms with van der Waals surface area (Å²) in [6, 6.07) is 17.1. The number of ketones is 2. The van der Waals surface area contributed by atoms with Crippen LogP contribution < -0.4 is 10.6 Å². The molecule has 4 aromatic rings. The van der Waals surface area contributed by atoms with Gasteiger partial charge in [0.2, 0.25) is 11.8 Å². The van der Waals surface area contributed by atoms with E-state index in [-0.39, 0.29) is 58.5 Å². The fourth-order valence-corrected chi connectivity index (χ4v) is 5.39. The second-order valence-electron chi connectivity index (χ2n) is 7.72. The highest BCUT2D eigenvalue weighted by Crippen LogP contribution is 2.35. The van der Waals surface area contributed by atoms with Gasteiger partial charge in [-0.3, -0.25) is 19.2 Å². The molecule has 6 nitrogen and oxygen atoms in total. The molecule has 2 amide bonds. The minimum absolute atomic E-state index is 0.168. The van der Waals surface area contributed by atoms with Gasteiger partial charge in [0.1, 0.15) is 0 Å². The van der Waals surface area contributed by atoms with Crippen LogP contribution in [-0.2, 0) is 22.4 Å². The summed E-state index contributed by atoms with van der Waals surface area (Å²) in [4.78, 5) is 53.8. The highest BCUT2D eigenvalue weighted by molar-refractivity contribution is 7.10. The number of carbonyl (C=O) groups is 4. The number of rotatable bonds is 6. The second-order valence-corrected chi connectivity index (χ2v) is 9.79. The zero-order valence-corrected chi connectivity index (χ0v) is 19.4. The maximum Gasteiger partial charge on any atom is 0.229 e. The first kappa shape index (κ1) is 21.9. The van der Waals surface area contributed by atoms with Crippen molar-refractivity contribution in [1.82, 2.24) is 0 Å². The fraction of sp³-hybridized carbons (Fsp3) is 0.0769. The predicted octanol–water partition coefficient (Wildman–Crippen LogP) is 4.95. The van der Waals surface area contributed by atoms with Crippen LogP contribution in [-0.4, -0.2) is 23.4 Å². The third-order valence-corrected chi connectivity index (χ3v) is 7.20. The molecule has 8 heteroatoms. The summed E-state index contributed by atoms with van der Waals surface area (Å²) in [7, 11) is 0. The molecule has 0 atom stereocenters. The molecule has 2 aromatic carbocycles. The first-order chi connectivity index (χ1) is 16.5. The van der Waals surface area contributed by atoms with Gasteiger partial charge >= 0.3 is 0 Å². The third-order valence-electron chi connectivity index (χ3n) is 5.45. The summed E-state index contributed by atoms with van der Waals surface area (Å²) in [5.41, 5.74) is 1.34. The molecule has 5 rings (SSSR count). The van der Waals surface area contributed by atoms with E-state index in [1.165, 1.54) is 22.7 Å². The SMILES string of the molecule is O=C(Cc1cccs1)Nc1cccc2c1C(=O)c1cccc(NC(=O)Cc3cccs3)c1C2=O. The first-order valence-corrected chi connectivity index (χ1v) is 12.3. The van der Waals surface area contributed by atoms with Crippen molar-refractivity contribution in [2.24, 2.45) is 0 Å². The fourth-order valence-electron chi connectivity index (χ4n) is 3.98. The van der Waals surface area contributed by atoms with Crippen LogP contribution in [0.25, 0.3) is 0 Å². The number of amides is 2. The molecule has 0 bridgehead atoms. The summed E-state index contributed by atoms with van der Waals surface area (Å²) in [5, 5.41) is 9.36. The van der Waals surface area contributed by atoms with Crippen molar-refractivity contribution >= 4 is 57.4 Å². The Bertz CT molecular complexity index is 1310. The Morgan fingerprint density at radius 1 is 0.618 bits per heavy atom. The lowest BCUT2D eigenvalue weighted by atomic mass is 9.82. The molecular weight excluding hydrogens is 468 g/mol. The zero-order valence-electron chi connectivity index (χ0n) is 17.8. The molecule has 0 saturated carbocycles. The average molecular weight is 487 g/mol. The Morgan fingerprint density at radius 2 is 1.06 bits per heavy atom. The Kier molecular flexibility index (Phi) is 5.91. The van der Waals surface area contributed by atoms with Gasteiger partial charge in [-0.05, 0) is 35.0 Å². The van der Waals surface area contributed by atoms with Crippen LogP contribution in [0.4, 0.5) is 11.4 Å². The number of fused-ring (bicyclic) bond motifs is 2. The summed E-state index contributed by atoms with van der Waals surface area (Å²) in [6.45, 7) is 0. The molecule has 0 spiro atoms. The zero-order chi connectivity index (χ0) is 23.7. The molecule has 0 radical (unpaired) electrons. The Hall–Kier alpha value is -3.88. The molecular formula is C26H18N2O4S2. The van der Waals surface area contributed by atoms with Crippen molar-refractivity contribution in [1.29, 1.82) is 0 Å². The minimum Gasteiger partial charge on any atom is -0.325 e. The molecule has 1 aliphatic rings. The van der Waals surface area contributed by atoms with Gasteiger partial charge in [-0.2, -0.15) is 0 Å². The van der Waals surface area contributed by atoms with Gasteiger partial charge in [0.15, 0.2) is 11.6 Å². The Balaban J connectivity index is 1.44. The average Bonchev–Trinajstić information content (AvgIpc) is 3.51. The quantitative estimate of drug-likeness (QED) is 0.355. The minimum atomic E-state index is -0.369. The summed E-state index contributed by atoms with van der Waals surface area (Å²) >= 11 is 2.95. The lowest BCUT2D eigenvalue weighted by Gasteiger charge is -2.22. The van der Waals surface area contributed by atoms with E-state index in [0.29, 0.717) is 11.4 Å². The second kappa shape index (κ2) is 9.17. The summed E-state index contributed by atoms with van der Waals surface area (Å²) in [5.74, 6) is -1.27. The third kappa shape index (κ3) is 4.21. The smallest absolute Gasteiger partial charge is 0.229 e. The van der Waals surface area contributed by atoms with Gasteiger partial charge in [0.05, 0.1) is 35.3 Å². The Morgan fingerprint density at radius 3 is 1.44 bits per heavy atom. The standard InChI is InChI=1S/C26H18N2O4S2/c29-21(13-15-5-3-11-33-15)27-19-9-1-7-17-23(19)26(32)18-8-2-10-20(24(18)25(17)31)28-22(30)14-16-6-4-12-34-16/h1-12H,13-14H2,(H,27,29)(H,28,30). The van der Waals surface area contributed by atoms with E-state index >= 15 is 0 Å². The molecule has 0 saturated heterocycles. The van der Waals surface area contributed by atoms with E-state index in [9.17, 15) is 19.2 Å². The van der Waals surface area contributed by atoms with Crippen molar-refractivity contribution < 1.29 is 19.2 Å². The van der Waals surface area contributed by atoms with E-state index in [1.807, 2.05) is 35.0 Å². The topological polar surface area (TPSA) is 92.3 Å². The first-order valence-electron chi connectivity index (χ1n) is 10.5. The van der Waals surface area contributed by atoms with E-state index in [2.05, 4.69) is 10.6 Å². The molecule has 2 N–H and O–H groups in total. The van der Waals surface area contributed by atoms with Crippen LogP contribution in [0, 0.1) is 0 Å². The van der Waals surface area contributed by atoms with E-state index < -0.39 is 0 Å². The highest BCUT2D eigenvalue weighted by atomic mass is 32.1. The maximum absolute atomic E-state index is 13.5. The molecule has 0 unspecified atom stereocenters. The van der Waals surface area contributed by atoms with Crippen LogP contribution in [0.2, 0.25) is 0 Å². The molecule has 1 aliphatic carbocycles. The van der Waals surface area contributed by atoms with Crippen LogP contribution in [0.5, 0.6) is 0 Å². The summed E-state index contributed by atoms with van der Waals surface area (Å²) < 4.78 is 0. The van der Waals surface area contributed by atoms with Crippen molar-refractivity contribution in [3.8, 4) is 0 Å². The van der Waals surface area contributed by atoms with Gasteiger partial charge in [0, 0.05) is 20.9 Å². The van der Waals surface area contributed by atoms with Crippen LogP contribution in [0.3, 0.4) is 0 Å².